The molecule has 12 nitrogen and oxygen atoms in total. The lowest BCUT2D eigenvalue weighted by molar-refractivity contribution is -0.0907. The number of carbonyl (C=O) groups excluding carboxylic acids is 1. The molecule has 0 radical (unpaired) electrons. The third kappa shape index (κ3) is 8.46. The molecule has 0 saturated carbocycles. The summed E-state index contributed by atoms with van der Waals surface area (Å²) in [5, 5.41) is 23.8. The monoisotopic (exact) mass is 648 g/mol. The topological polar surface area (TPSA) is 153 Å². The van der Waals surface area contributed by atoms with Gasteiger partial charge in [0.15, 0.2) is 17.8 Å². The van der Waals surface area contributed by atoms with Gasteiger partial charge < -0.3 is 39.2 Å². The van der Waals surface area contributed by atoms with E-state index in [-0.39, 0.29) is 56.6 Å². The molecule has 5 atom stereocenters. The highest BCUT2D eigenvalue weighted by molar-refractivity contribution is 7.89. The molecule has 248 valence electrons. The SMILES string of the molecule is CC(C)(CCCCO)CN(C[C@@H](O)[C@H](Cc1ccccc1)NC(=O)O[C@H]1CO[C@H]2OCC[C@H]21)S(=O)(=O)c1ccc2c(c1)OCO2. The first-order valence-electron chi connectivity index (χ1n) is 15.5. The zero-order chi connectivity index (χ0) is 32.0. The molecule has 2 aromatic carbocycles. The number of aliphatic hydroxyl groups excluding tert-OH is 2. The molecule has 0 unspecified atom stereocenters. The Kier molecular flexibility index (Phi) is 10.9. The van der Waals surface area contributed by atoms with E-state index in [2.05, 4.69) is 5.32 Å². The highest BCUT2D eigenvalue weighted by atomic mass is 32.2. The molecule has 1 amide bonds. The molecule has 3 aliphatic heterocycles. The number of nitrogens with one attached hydrogen (secondary N) is 1. The number of rotatable bonds is 15. The van der Waals surface area contributed by atoms with Crippen molar-refractivity contribution in [2.24, 2.45) is 11.3 Å². The number of amides is 1. The van der Waals surface area contributed by atoms with Crippen LogP contribution in [0.3, 0.4) is 0 Å². The average Bonchev–Trinajstić information content (AvgIpc) is 3.75. The van der Waals surface area contributed by atoms with Gasteiger partial charge in [0.2, 0.25) is 16.8 Å². The van der Waals surface area contributed by atoms with E-state index in [0.717, 1.165) is 12.0 Å². The predicted molar refractivity (Wildman–Crippen MR) is 163 cm³/mol. The fraction of sp³-hybridized carbons (Fsp3) is 0.594. The van der Waals surface area contributed by atoms with Crippen LogP contribution in [0.5, 0.6) is 11.5 Å². The van der Waals surface area contributed by atoms with E-state index >= 15 is 0 Å². The van der Waals surface area contributed by atoms with Crippen molar-refractivity contribution in [2.75, 3.05) is 39.7 Å². The summed E-state index contributed by atoms with van der Waals surface area (Å²) in [7, 11) is -4.13. The van der Waals surface area contributed by atoms with Crippen molar-refractivity contribution in [3.63, 3.8) is 0 Å². The Morgan fingerprint density at radius 3 is 2.67 bits per heavy atom. The molecule has 3 heterocycles. The van der Waals surface area contributed by atoms with E-state index in [9.17, 15) is 23.4 Å². The smallest absolute Gasteiger partial charge is 0.407 e. The summed E-state index contributed by atoms with van der Waals surface area (Å²) < 4.78 is 57.2. The van der Waals surface area contributed by atoms with Crippen LogP contribution in [0.1, 0.15) is 45.1 Å². The van der Waals surface area contributed by atoms with E-state index in [1.54, 1.807) is 6.07 Å². The highest BCUT2D eigenvalue weighted by Crippen LogP contribution is 2.36. The molecule has 13 heteroatoms. The minimum atomic E-state index is -4.13. The lowest BCUT2D eigenvalue weighted by atomic mass is 9.87. The first-order valence-corrected chi connectivity index (χ1v) is 16.9. The summed E-state index contributed by atoms with van der Waals surface area (Å²) in [5.74, 6) is 0.734. The molecule has 2 aromatic rings. The molecule has 0 bridgehead atoms. The van der Waals surface area contributed by atoms with Gasteiger partial charge in [-0.15, -0.1) is 0 Å². The highest BCUT2D eigenvalue weighted by Gasteiger charge is 2.44. The van der Waals surface area contributed by atoms with E-state index in [0.29, 0.717) is 37.4 Å². The van der Waals surface area contributed by atoms with E-state index in [1.807, 2.05) is 44.2 Å². The van der Waals surface area contributed by atoms with Crippen molar-refractivity contribution in [1.29, 1.82) is 0 Å². The van der Waals surface area contributed by atoms with Crippen LogP contribution in [-0.4, -0.2) is 93.3 Å². The fourth-order valence-corrected chi connectivity index (χ4v) is 7.73. The van der Waals surface area contributed by atoms with E-state index in [4.69, 9.17) is 23.7 Å². The number of sulfonamides is 1. The summed E-state index contributed by atoms with van der Waals surface area (Å²) in [6, 6.07) is 12.9. The quantitative estimate of drug-likeness (QED) is 0.246. The lowest BCUT2D eigenvalue weighted by Crippen LogP contribution is -2.52. The molecule has 0 aliphatic carbocycles. The summed E-state index contributed by atoms with van der Waals surface area (Å²) in [5.41, 5.74) is 0.368. The van der Waals surface area contributed by atoms with Gasteiger partial charge in [-0.05, 0) is 48.8 Å². The number of unbranched alkanes of at least 4 members (excludes halogenated alkanes) is 1. The minimum Gasteiger partial charge on any atom is -0.454 e. The number of benzene rings is 2. The van der Waals surface area contributed by atoms with Crippen LogP contribution in [0.2, 0.25) is 0 Å². The van der Waals surface area contributed by atoms with E-state index < -0.39 is 39.8 Å². The van der Waals surface area contributed by atoms with Gasteiger partial charge in [0.05, 0.1) is 36.2 Å². The molecule has 0 aromatic heterocycles. The number of carbonyl (C=O) groups is 1. The first kappa shape index (κ1) is 33.4. The molecular formula is C32H44N2O10S. The zero-order valence-corrected chi connectivity index (χ0v) is 26.6. The Labute approximate surface area is 264 Å². The third-order valence-corrected chi connectivity index (χ3v) is 10.4. The second-order valence-electron chi connectivity index (χ2n) is 12.6. The molecule has 5 rings (SSSR count). The molecule has 2 fully saturated rings. The van der Waals surface area contributed by atoms with Gasteiger partial charge in [0.25, 0.3) is 0 Å². The third-order valence-electron chi connectivity index (χ3n) is 8.55. The standard InChI is InChI=1S/C32H44N2O10S/c1-32(2,13-6-7-14-35)20-34(45(38,39)23-10-11-27-28(17-23)43-21-42-27)18-26(36)25(16-22-8-4-3-5-9-22)33-31(37)44-29-19-41-30-24(29)12-15-40-30/h3-5,8-11,17,24-26,29-30,35-36H,6-7,12-16,18-21H2,1-2H3,(H,33,37)/t24-,25-,26+,29-,30+/m0/s1. The molecular weight excluding hydrogens is 604 g/mol. The Hall–Kier alpha value is -2.94. The second kappa shape index (κ2) is 14.7. The van der Waals surface area contributed by atoms with Crippen LogP contribution >= 0.6 is 0 Å². The van der Waals surface area contributed by atoms with Crippen molar-refractivity contribution in [1.82, 2.24) is 9.62 Å². The first-order chi connectivity index (χ1) is 21.6. The molecule has 0 spiro atoms. The largest absolute Gasteiger partial charge is 0.454 e. The number of fused-ring (bicyclic) bond motifs is 2. The van der Waals surface area contributed by atoms with Gasteiger partial charge in [0.1, 0.15) is 6.10 Å². The van der Waals surface area contributed by atoms with Crippen LogP contribution in [0, 0.1) is 11.3 Å². The van der Waals surface area contributed by atoms with Crippen LogP contribution in [0.25, 0.3) is 0 Å². The molecule has 2 saturated heterocycles. The van der Waals surface area contributed by atoms with Crippen molar-refractivity contribution >= 4 is 16.1 Å². The van der Waals surface area contributed by atoms with Crippen molar-refractivity contribution in [2.45, 2.75) is 75.4 Å². The zero-order valence-electron chi connectivity index (χ0n) is 25.8. The maximum atomic E-state index is 14.2. The molecule has 45 heavy (non-hydrogen) atoms. The lowest BCUT2D eigenvalue weighted by Gasteiger charge is -2.35. The van der Waals surface area contributed by atoms with Crippen LogP contribution in [0.15, 0.2) is 53.4 Å². The Morgan fingerprint density at radius 2 is 1.89 bits per heavy atom. The predicted octanol–water partition coefficient (Wildman–Crippen LogP) is 3.05. The van der Waals surface area contributed by atoms with Crippen molar-refractivity contribution < 1.29 is 47.1 Å². The maximum Gasteiger partial charge on any atom is 0.407 e. The normalized spacial score (nSPS) is 22.3. The van der Waals surface area contributed by atoms with Crippen molar-refractivity contribution in [3.05, 3.63) is 54.1 Å². The van der Waals surface area contributed by atoms with Crippen molar-refractivity contribution in [3.8, 4) is 11.5 Å². The maximum absolute atomic E-state index is 14.2. The Bertz CT molecular complexity index is 1390. The summed E-state index contributed by atoms with van der Waals surface area (Å²) in [4.78, 5) is 13.2. The number of nitrogens with zero attached hydrogens (tertiary/aromatic N) is 1. The van der Waals surface area contributed by atoms with Gasteiger partial charge in [-0.2, -0.15) is 4.31 Å². The number of aliphatic hydroxyl groups is 2. The minimum absolute atomic E-state index is 0.00347. The Balaban J connectivity index is 1.37. The van der Waals surface area contributed by atoms with Crippen LogP contribution in [0.4, 0.5) is 4.79 Å². The number of ether oxygens (including phenoxy) is 5. The second-order valence-corrected chi connectivity index (χ2v) is 14.6. The van der Waals surface area contributed by atoms with Gasteiger partial charge in [-0.1, -0.05) is 50.6 Å². The van der Waals surface area contributed by atoms with E-state index in [1.165, 1.54) is 16.4 Å². The van der Waals surface area contributed by atoms with Gasteiger partial charge >= 0.3 is 6.09 Å². The van der Waals surface area contributed by atoms with Gasteiger partial charge in [-0.3, -0.25) is 0 Å². The fourth-order valence-electron chi connectivity index (χ4n) is 6.06. The Morgan fingerprint density at radius 1 is 1.11 bits per heavy atom. The average molecular weight is 649 g/mol. The summed E-state index contributed by atoms with van der Waals surface area (Å²) >= 11 is 0. The summed E-state index contributed by atoms with van der Waals surface area (Å²) in [6.45, 7) is 4.54. The van der Waals surface area contributed by atoms with Crippen LogP contribution < -0.4 is 14.8 Å². The van der Waals surface area contributed by atoms with Gasteiger partial charge in [0, 0.05) is 25.8 Å². The number of hydrogen-bond acceptors (Lipinski definition) is 10. The van der Waals surface area contributed by atoms with Crippen LogP contribution in [-0.2, 0) is 30.7 Å². The van der Waals surface area contributed by atoms with Gasteiger partial charge in [-0.25, -0.2) is 13.2 Å². The molecule has 3 N–H and O–H groups in total. The number of hydrogen-bond donors (Lipinski definition) is 3. The number of alkyl carbamates (subject to hydrolysis) is 1. The summed E-state index contributed by atoms with van der Waals surface area (Å²) in [6.07, 6.45) is 0.0635. The molecule has 3 aliphatic rings.